The largest absolute Gasteiger partial charge is 0.507 e. The van der Waals surface area contributed by atoms with Crippen molar-refractivity contribution in [1.82, 2.24) is 5.32 Å². The van der Waals surface area contributed by atoms with Crippen LogP contribution in [0.1, 0.15) is 40.4 Å². The Morgan fingerprint density at radius 3 is 2.54 bits per heavy atom. The van der Waals surface area contributed by atoms with Gasteiger partial charge in [0, 0.05) is 17.9 Å². The van der Waals surface area contributed by atoms with Crippen molar-refractivity contribution < 1.29 is 14.3 Å². The Labute approximate surface area is 153 Å². The highest BCUT2D eigenvalue weighted by atomic mass is 16.3. The van der Waals surface area contributed by atoms with Gasteiger partial charge in [0.2, 0.25) is 5.91 Å². The van der Waals surface area contributed by atoms with Gasteiger partial charge in [0.15, 0.2) is 0 Å². The summed E-state index contributed by atoms with van der Waals surface area (Å²) in [4.78, 5) is 12.5. The molecule has 2 aromatic carbocycles. The topological polar surface area (TPSA) is 62.5 Å². The van der Waals surface area contributed by atoms with E-state index in [9.17, 15) is 9.90 Å². The van der Waals surface area contributed by atoms with E-state index in [1.807, 2.05) is 62.4 Å². The summed E-state index contributed by atoms with van der Waals surface area (Å²) in [5, 5.41) is 13.5. The molecule has 4 heteroatoms. The molecule has 0 spiro atoms. The number of hydrogen-bond acceptors (Lipinski definition) is 3. The summed E-state index contributed by atoms with van der Waals surface area (Å²) in [6.45, 7) is 4.21. The van der Waals surface area contributed by atoms with Crippen LogP contribution in [-0.2, 0) is 11.3 Å². The molecule has 0 aliphatic carbocycles. The molecule has 0 fully saturated rings. The number of aryl methyl sites for hydroxylation is 1. The minimum atomic E-state index is -0.216. The zero-order valence-corrected chi connectivity index (χ0v) is 15.0. The third-order valence-electron chi connectivity index (χ3n) is 4.74. The van der Waals surface area contributed by atoms with Crippen molar-refractivity contribution in [3.63, 3.8) is 0 Å². The molecular weight excluding hydrogens is 326 g/mol. The van der Waals surface area contributed by atoms with Crippen molar-refractivity contribution >= 4 is 5.91 Å². The Kier molecular flexibility index (Phi) is 5.42. The number of hydrogen-bond donors (Lipinski definition) is 2. The van der Waals surface area contributed by atoms with E-state index in [-0.39, 0.29) is 24.0 Å². The van der Waals surface area contributed by atoms with Gasteiger partial charge in [-0.25, -0.2) is 0 Å². The first kappa shape index (κ1) is 17.8. The van der Waals surface area contributed by atoms with Crippen LogP contribution in [0.5, 0.6) is 5.75 Å². The number of phenols is 1. The number of nitrogens with one attached hydrogen (secondary N) is 1. The normalized spacial score (nSPS) is 11.9. The highest BCUT2D eigenvalue weighted by Gasteiger charge is 2.22. The van der Waals surface area contributed by atoms with Crippen LogP contribution in [0.25, 0.3) is 0 Å². The quantitative estimate of drug-likeness (QED) is 0.691. The van der Waals surface area contributed by atoms with Gasteiger partial charge >= 0.3 is 0 Å². The maximum atomic E-state index is 12.5. The van der Waals surface area contributed by atoms with Crippen molar-refractivity contribution in [2.45, 2.75) is 32.7 Å². The van der Waals surface area contributed by atoms with Crippen LogP contribution in [-0.4, -0.2) is 11.0 Å². The van der Waals surface area contributed by atoms with Gasteiger partial charge in [-0.3, -0.25) is 4.79 Å². The van der Waals surface area contributed by atoms with Crippen LogP contribution >= 0.6 is 0 Å². The first-order chi connectivity index (χ1) is 12.6. The Bertz CT molecular complexity index is 870. The number of carbonyl (C=O) groups excluding carboxylic acids is 1. The number of phenolic OH excluding ortho intramolecular Hbond substituents is 1. The highest BCUT2D eigenvalue weighted by molar-refractivity contribution is 5.77. The number of carbonyl (C=O) groups is 1. The third kappa shape index (κ3) is 3.97. The Morgan fingerprint density at radius 1 is 1.08 bits per heavy atom. The van der Waals surface area contributed by atoms with E-state index in [0.29, 0.717) is 12.3 Å². The van der Waals surface area contributed by atoms with Crippen molar-refractivity contribution in [2.24, 2.45) is 0 Å². The monoisotopic (exact) mass is 349 g/mol. The summed E-state index contributed by atoms with van der Waals surface area (Å²) in [6.07, 6.45) is 1.84. The average Bonchev–Trinajstić information content (AvgIpc) is 3.17. The van der Waals surface area contributed by atoms with Crippen LogP contribution in [0.2, 0.25) is 0 Å². The van der Waals surface area contributed by atoms with E-state index < -0.39 is 0 Å². The van der Waals surface area contributed by atoms with Gasteiger partial charge < -0.3 is 14.8 Å². The zero-order chi connectivity index (χ0) is 18.5. The van der Waals surface area contributed by atoms with Gasteiger partial charge in [0.05, 0.1) is 12.8 Å². The molecule has 0 bridgehead atoms. The third-order valence-corrected chi connectivity index (χ3v) is 4.74. The number of amides is 1. The van der Waals surface area contributed by atoms with Crippen LogP contribution in [0.15, 0.2) is 65.3 Å². The maximum Gasteiger partial charge on any atom is 0.221 e. The summed E-state index contributed by atoms with van der Waals surface area (Å²) in [5.41, 5.74) is 3.64. The van der Waals surface area contributed by atoms with E-state index >= 15 is 0 Å². The lowest BCUT2D eigenvalue weighted by Gasteiger charge is -2.20. The van der Waals surface area contributed by atoms with Crippen molar-refractivity contribution in [3.8, 4) is 5.75 Å². The summed E-state index contributed by atoms with van der Waals surface area (Å²) in [7, 11) is 0. The van der Waals surface area contributed by atoms with E-state index in [1.54, 1.807) is 12.3 Å². The lowest BCUT2D eigenvalue weighted by molar-refractivity contribution is -0.121. The number of benzene rings is 2. The second-order valence-electron chi connectivity index (χ2n) is 6.47. The Balaban J connectivity index is 1.85. The molecule has 3 aromatic rings. The van der Waals surface area contributed by atoms with Gasteiger partial charge in [-0.2, -0.15) is 0 Å². The predicted molar refractivity (Wildman–Crippen MR) is 101 cm³/mol. The fourth-order valence-corrected chi connectivity index (χ4v) is 3.05. The molecule has 1 heterocycles. The summed E-state index contributed by atoms with van der Waals surface area (Å²) < 4.78 is 5.25. The average molecular weight is 349 g/mol. The molecule has 1 unspecified atom stereocenters. The first-order valence-corrected chi connectivity index (χ1v) is 8.69. The molecule has 0 saturated carbocycles. The predicted octanol–water partition coefficient (Wildman–Crippen LogP) is 4.44. The van der Waals surface area contributed by atoms with Crippen LogP contribution < -0.4 is 5.32 Å². The second-order valence-corrected chi connectivity index (χ2v) is 6.47. The van der Waals surface area contributed by atoms with E-state index in [2.05, 4.69) is 5.32 Å². The standard InChI is InChI=1S/C22H23NO3/c1-15-10-11-19(22(25)16(15)2)20(17-7-4-3-5-8-17)13-21(24)23-14-18-9-6-12-26-18/h3-12,20,25H,13-14H2,1-2H3,(H,23,24). The number of aromatic hydroxyl groups is 1. The molecular formula is C22H23NO3. The molecule has 0 radical (unpaired) electrons. The van der Waals surface area contributed by atoms with Gasteiger partial charge in [0.1, 0.15) is 11.5 Å². The Morgan fingerprint density at radius 2 is 1.85 bits per heavy atom. The summed E-state index contributed by atoms with van der Waals surface area (Å²) in [5.74, 6) is 0.668. The van der Waals surface area contributed by atoms with E-state index in [0.717, 1.165) is 22.3 Å². The molecule has 1 aromatic heterocycles. The van der Waals surface area contributed by atoms with Gasteiger partial charge in [-0.05, 0) is 42.7 Å². The molecule has 2 N–H and O–H groups in total. The minimum Gasteiger partial charge on any atom is -0.507 e. The fraction of sp³-hybridized carbons (Fsp3) is 0.227. The number of furan rings is 1. The smallest absolute Gasteiger partial charge is 0.221 e. The molecule has 1 amide bonds. The molecule has 0 aliphatic heterocycles. The molecule has 3 rings (SSSR count). The first-order valence-electron chi connectivity index (χ1n) is 8.69. The fourth-order valence-electron chi connectivity index (χ4n) is 3.05. The lowest BCUT2D eigenvalue weighted by atomic mass is 9.86. The van der Waals surface area contributed by atoms with Crippen LogP contribution in [0, 0.1) is 13.8 Å². The minimum absolute atomic E-state index is 0.0899. The summed E-state index contributed by atoms with van der Waals surface area (Å²) >= 11 is 0. The lowest BCUT2D eigenvalue weighted by Crippen LogP contribution is -2.24. The van der Waals surface area contributed by atoms with Crippen LogP contribution in [0.3, 0.4) is 0 Å². The van der Waals surface area contributed by atoms with E-state index in [4.69, 9.17) is 4.42 Å². The zero-order valence-electron chi connectivity index (χ0n) is 15.0. The molecule has 0 saturated heterocycles. The van der Waals surface area contributed by atoms with Crippen molar-refractivity contribution in [3.05, 3.63) is 88.9 Å². The molecule has 4 nitrogen and oxygen atoms in total. The highest BCUT2D eigenvalue weighted by Crippen LogP contribution is 2.36. The van der Waals surface area contributed by atoms with Crippen molar-refractivity contribution in [2.75, 3.05) is 0 Å². The van der Waals surface area contributed by atoms with Gasteiger partial charge in [0.25, 0.3) is 0 Å². The Hall–Kier alpha value is -3.01. The SMILES string of the molecule is Cc1ccc(C(CC(=O)NCc2ccco2)c2ccccc2)c(O)c1C. The second kappa shape index (κ2) is 7.91. The molecule has 26 heavy (non-hydrogen) atoms. The maximum absolute atomic E-state index is 12.5. The summed E-state index contributed by atoms with van der Waals surface area (Å²) in [6, 6.07) is 17.3. The van der Waals surface area contributed by atoms with E-state index in [1.165, 1.54) is 0 Å². The van der Waals surface area contributed by atoms with Crippen molar-refractivity contribution in [1.29, 1.82) is 0 Å². The van der Waals surface area contributed by atoms with Gasteiger partial charge in [-0.1, -0.05) is 42.5 Å². The van der Waals surface area contributed by atoms with Crippen LogP contribution in [0.4, 0.5) is 0 Å². The molecule has 1 atom stereocenters. The number of rotatable bonds is 6. The molecule has 0 aliphatic rings. The van der Waals surface area contributed by atoms with Gasteiger partial charge in [-0.15, -0.1) is 0 Å². The molecule has 134 valence electrons.